The fourth-order valence-electron chi connectivity index (χ4n) is 3.82. The van der Waals surface area contributed by atoms with Gasteiger partial charge in [-0.25, -0.2) is 0 Å². The first-order valence-electron chi connectivity index (χ1n) is 8.92. The number of hydrogen-bond acceptors (Lipinski definition) is 2. The van der Waals surface area contributed by atoms with Gasteiger partial charge in [0.05, 0.1) is 0 Å². The molecule has 0 amide bonds. The normalized spacial score (nSPS) is 19.3. The average molecular weight is 344 g/mol. The minimum absolute atomic E-state index is 0. The number of benzene rings is 2. The van der Waals surface area contributed by atoms with Gasteiger partial charge in [-0.2, -0.15) is 0 Å². The van der Waals surface area contributed by atoms with E-state index in [-0.39, 0.29) is 12.4 Å². The smallest absolute Gasteiger partial charge is 0.123 e. The number of ether oxygens (including phenoxy) is 1. The number of fused-ring (bicyclic) bond motifs is 1. The Morgan fingerprint density at radius 2 is 1.79 bits per heavy atom. The van der Waals surface area contributed by atoms with Gasteiger partial charge in [0.1, 0.15) is 12.4 Å². The summed E-state index contributed by atoms with van der Waals surface area (Å²) in [5.74, 6) is 1.08. The first-order chi connectivity index (χ1) is 11.4. The summed E-state index contributed by atoms with van der Waals surface area (Å²) in [6.07, 6.45) is 5.06. The minimum atomic E-state index is 0. The van der Waals surface area contributed by atoms with E-state index in [4.69, 9.17) is 4.74 Å². The Morgan fingerprint density at radius 1 is 1.00 bits per heavy atom. The van der Waals surface area contributed by atoms with Gasteiger partial charge in [0.25, 0.3) is 0 Å². The maximum absolute atomic E-state index is 6.16. The van der Waals surface area contributed by atoms with E-state index in [1.54, 1.807) is 0 Å². The monoisotopic (exact) mass is 343 g/mol. The van der Waals surface area contributed by atoms with Crippen LogP contribution >= 0.6 is 12.4 Å². The molecule has 1 aliphatic heterocycles. The summed E-state index contributed by atoms with van der Waals surface area (Å²) < 4.78 is 6.16. The lowest BCUT2D eigenvalue weighted by atomic mass is 9.92. The molecule has 24 heavy (non-hydrogen) atoms. The van der Waals surface area contributed by atoms with Crippen molar-refractivity contribution in [3.63, 3.8) is 0 Å². The molecular weight excluding hydrogens is 318 g/mol. The molecule has 1 unspecified atom stereocenters. The molecule has 1 fully saturated rings. The molecule has 0 bridgehead atoms. The van der Waals surface area contributed by atoms with Crippen LogP contribution in [0, 0.1) is 0 Å². The van der Waals surface area contributed by atoms with E-state index in [2.05, 4.69) is 60.4 Å². The largest absolute Gasteiger partial charge is 0.492 e. The van der Waals surface area contributed by atoms with Crippen molar-refractivity contribution in [2.24, 2.45) is 0 Å². The zero-order valence-electron chi connectivity index (χ0n) is 14.3. The Hall–Kier alpha value is -1.51. The summed E-state index contributed by atoms with van der Waals surface area (Å²) in [7, 11) is 0. The molecule has 0 aromatic heterocycles. The van der Waals surface area contributed by atoms with Gasteiger partial charge in [-0.05, 0) is 49.4 Å². The first kappa shape index (κ1) is 17.3. The van der Waals surface area contributed by atoms with E-state index < -0.39 is 0 Å². The van der Waals surface area contributed by atoms with Crippen LogP contribution in [0.3, 0.4) is 0 Å². The Bertz CT molecular complexity index is 669. The van der Waals surface area contributed by atoms with E-state index in [1.807, 2.05) is 0 Å². The topological polar surface area (TPSA) is 12.5 Å². The predicted octanol–water partition coefficient (Wildman–Crippen LogP) is 4.95. The molecule has 0 spiro atoms. The van der Waals surface area contributed by atoms with Crippen molar-refractivity contribution in [1.82, 2.24) is 4.90 Å². The molecule has 0 radical (unpaired) electrons. The highest BCUT2D eigenvalue weighted by Gasteiger charge is 2.36. The van der Waals surface area contributed by atoms with Crippen LogP contribution in [0.5, 0.6) is 5.75 Å². The first-order valence-corrected chi connectivity index (χ1v) is 8.92. The summed E-state index contributed by atoms with van der Waals surface area (Å²) in [4.78, 5) is 2.70. The van der Waals surface area contributed by atoms with Crippen LogP contribution < -0.4 is 4.74 Å². The quantitative estimate of drug-likeness (QED) is 0.761. The van der Waals surface area contributed by atoms with Crippen LogP contribution in [-0.4, -0.2) is 30.1 Å². The number of hydrogen-bond donors (Lipinski definition) is 0. The van der Waals surface area contributed by atoms with Gasteiger partial charge in [0, 0.05) is 17.6 Å². The summed E-state index contributed by atoms with van der Waals surface area (Å²) in [5.41, 5.74) is 4.01. The highest BCUT2D eigenvalue weighted by Crippen LogP contribution is 2.37. The maximum atomic E-state index is 6.16. The SMILES string of the molecule is CCCN(C1CC1)C1COc2cccc(-c3ccccc3)c2C1.Cl. The summed E-state index contributed by atoms with van der Waals surface area (Å²) >= 11 is 0. The Kier molecular flexibility index (Phi) is 5.47. The number of rotatable bonds is 5. The van der Waals surface area contributed by atoms with E-state index >= 15 is 0 Å². The van der Waals surface area contributed by atoms with E-state index in [9.17, 15) is 0 Å². The van der Waals surface area contributed by atoms with Crippen molar-refractivity contribution in [3.05, 3.63) is 54.1 Å². The Morgan fingerprint density at radius 3 is 2.50 bits per heavy atom. The Balaban J connectivity index is 0.00000169. The fraction of sp³-hybridized carbons (Fsp3) is 0.429. The van der Waals surface area contributed by atoms with Crippen LogP contribution in [0.25, 0.3) is 11.1 Å². The van der Waals surface area contributed by atoms with Crippen LogP contribution in [0.2, 0.25) is 0 Å². The molecule has 3 heteroatoms. The molecule has 2 aromatic rings. The second-order valence-electron chi connectivity index (χ2n) is 6.79. The predicted molar refractivity (Wildman–Crippen MR) is 102 cm³/mol. The molecule has 1 aliphatic carbocycles. The summed E-state index contributed by atoms with van der Waals surface area (Å²) in [6, 6.07) is 18.5. The van der Waals surface area contributed by atoms with Crippen molar-refractivity contribution < 1.29 is 4.74 Å². The lowest BCUT2D eigenvalue weighted by molar-refractivity contribution is 0.112. The average Bonchev–Trinajstić information content (AvgIpc) is 3.44. The standard InChI is InChI=1S/C21H25NO.ClH/c1-2-13-22(17-11-12-17)18-14-20-19(16-7-4-3-5-8-16)9-6-10-21(20)23-15-18;/h3-10,17-18H,2,11-15H2,1H3;1H. The molecule has 2 aliphatic rings. The van der Waals surface area contributed by atoms with Gasteiger partial charge >= 0.3 is 0 Å². The molecule has 0 N–H and O–H groups in total. The van der Waals surface area contributed by atoms with Gasteiger partial charge in [-0.3, -0.25) is 4.90 Å². The maximum Gasteiger partial charge on any atom is 0.123 e. The van der Waals surface area contributed by atoms with E-state index in [1.165, 1.54) is 42.5 Å². The van der Waals surface area contributed by atoms with Crippen molar-refractivity contribution in [1.29, 1.82) is 0 Å². The van der Waals surface area contributed by atoms with Crippen molar-refractivity contribution in [3.8, 4) is 16.9 Å². The lowest BCUT2D eigenvalue weighted by Crippen LogP contribution is -2.45. The summed E-state index contributed by atoms with van der Waals surface area (Å²) in [5, 5.41) is 0. The van der Waals surface area contributed by atoms with Crippen LogP contribution in [0.4, 0.5) is 0 Å². The molecule has 2 nitrogen and oxygen atoms in total. The second-order valence-corrected chi connectivity index (χ2v) is 6.79. The molecule has 0 saturated heterocycles. The van der Waals surface area contributed by atoms with Gasteiger partial charge < -0.3 is 4.74 Å². The summed E-state index contributed by atoms with van der Waals surface area (Å²) in [6.45, 7) is 4.31. The van der Waals surface area contributed by atoms with Gasteiger partial charge in [-0.1, -0.05) is 49.4 Å². The third-order valence-electron chi connectivity index (χ3n) is 5.06. The van der Waals surface area contributed by atoms with Crippen LogP contribution in [0.15, 0.2) is 48.5 Å². The van der Waals surface area contributed by atoms with Crippen molar-refractivity contribution in [2.45, 2.75) is 44.7 Å². The van der Waals surface area contributed by atoms with Crippen LogP contribution in [-0.2, 0) is 6.42 Å². The van der Waals surface area contributed by atoms with E-state index in [0.29, 0.717) is 6.04 Å². The molecular formula is C21H26ClNO. The number of halogens is 1. The van der Waals surface area contributed by atoms with Gasteiger partial charge in [-0.15, -0.1) is 12.4 Å². The van der Waals surface area contributed by atoms with Crippen molar-refractivity contribution >= 4 is 12.4 Å². The zero-order valence-corrected chi connectivity index (χ0v) is 15.1. The third kappa shape index (κ3) is 3.45. The molecule has 1 heterocycles. The van der Waals surface area contributed by atoms with Crippen LogP contribution in [0.1, 0.15) is 31.7 Å². The molecule has 2 aromatic carbocycles. The minimum Gasteiger partial charge on any atom is -0.492 e. The third-order valence-corrected chi connectivity index (χ3v) is 5.06. The van der Waals surface area contributed by atoms with Crippen molar-refractivity contribution in [2.75, 3.05) is 13.2 Å². The van der Waals surface area contributed by atoms with Gasteiger partial charge in [0.15, 0.2) is 0 Å². The fourth-order valence-corrected chi connectivity index (χ4v) is 3.82. The van der Waals surface area contributed by atoms with E-state index in [0.717, 1.165) is 24.8 Å². The highest BCUT2D eigenvalue weighted by molar-refractivity contribution is 5.85. The molecule has 4 rings (SSSR count). The number of nitrogens with zero attached hydrogens (tertiary/aromatic N) is 1. The molecule has 128 valence electrons. The molecule has 1 atom stereocenters. The zero-order chi connectivity index (χ0) is 15.6. The van der Waals surface area contributed by atoms with Gasteiger partial charge in [0.2, 0.25) is 0 Å². The molecule has 1 saturated carbocycles. The Labute approximate surface area is 151 Å². The second kappa shape index (κ2) is 7.58. The highest BCUT2D eigenvalue weighted by atomic mass is 35.5. The lowest BCUT2D eigenvalue weighted by Gasteiger charge is -2.36.